The lowest BCUT2D eigenvalue weighted by Crippen LogP contribution is -2.51. The number of aryl methyl sites for hydroxylation is 1. The van der Waals surface area contributed by atoms with Crippen molar-refractivity contribution in [2.45, 2.75) is 50.6 Å². The van der Waals surface area contributed by atoms with Crippen LogP contribution in [0, 0.1) is 6.92 Å². The summed E-state index contributed by atoms with van der Waals surface area (Å²) < 4.78 is 0.979. The van der Waals surface area contributed by atoms with E-state index in [0.717, 1.165) is 33.3 Å². The number of halogens is 1. The smallest absolute Gasteiger partial charge is 0.243 e. The molecule has 4 nitrogen and oxygen atoms in total. The number of nitrogens with one attached hydrogen (secondary N) is 1. The number of rotatable bonds is 12. The van der Waals surface area contributed by atoms with Crippen LogP contribution in [0.5, 0.6) is 0 Å². The van der Waals surface area contributed by atoms with Gasteiger partial charge in [0, 0.05) is 28.9 Å². The molecule has 184 valence electrons. The van der Waals surface area contributed by atoms with Gasteiger partial charge in [0.1, 0.15) is 6.04 Å². The largest absolute Gasteiger partial charge is 0.354 e. The molecule has 35 heavy (non-hydrogen) atoms. The van der Waals surface area contributed by atoms with Crippen molar-refractivity contribution in [1.82, 2.24) is 10.2 Å². The zero-order chi connectivity index (χ0) is 25.0. The van der Waals surface area contributed by atoms with Gasteiger partial charge in [-0.05, 0) is 48.7 Å². The Morgan fingerprint density at radius 2 is 1.63 bits per heavy atom. The molecule has 2 amide bonds. The molecule has 0 aliphatic carbocycles. The van der Waals surface area contributed by atoms with Crippen LogP contribution in [0.3, 0.4) is 0 Å². The minimum atomic E-state index is -0.593. The van der Waals surface area contributed by atoms with Crippen molar-refractivity contribution in [3.05, 3.63) is 100 Å². The van der Waals surface area contributed by atoms with Gasteiger partial charge in [-0.1, -0.05) is 89.4 Å². The Kier molecular flexibility index (Phi) is 10.9. The van der Waals surface area contributed by atoms with E-state index in [4.69, 9.17) is 0 Å². The zero-order valence-electron chi connectivity index (χ0n) is 20.4. The molecule has 3 rings (SSSR count). The molecule has 1 atom stereocenters. The van der Waals surface area contributed by atoms with Gasteiger partial charge in [0.15, 0.2) is 0 Å². The first-order chi connectivity index (χ1) is 17.0. The molecule has 0 heterocycles. The minimum Gasteiger partial charge on any atom is -0.354 e. The summed E-state index contributed by atoms with van der Waals surface area (Å²) in [6, 6.07) is 25.4. The topological polar surface area (TPSA) is 49.4 Å². The normalized spacial score (nSPS) is 11.6. The molecule has 3 aromatic rings. The van der Waals surface area contributed by atoms with E-state index in [1.54, 1.807) is 4.90 Å². The standard InChI is InChI=1S/C29H33BrN2O2S/c1-3-4-18-31-29(34)27(19-23-8-6-5-7-9-23)32(20-24-12-14-25(30)15-13-24)28(33)21-35-26-16-10-22(2)11-17-26/h5-17,27H,3-4,18-21H2,1-2H3,(H,31,34). The van der Waals surface area contributed by atoms with Gasteiger partial charge < -0.3 is 10.2 Å². The highest BCUT2D eigenvalue weighted by Gasteiger charge is 2.30. The Bertz CT molecular complexity index is 1070. The Morgan fingerprint density at radius 3 is 2.29 bits per heavy atom. The summed E-state index contributed by atoms with van der Waals surface area (Å²) in [7, 11) is 0. The van der Waals surface area contributed by atoms with Gasteiger partial charge in [0.25, 0.3) is 0 Å². The zero-order valence-corrected chi connectivity index (χ0v) is 22.8. The molecule has 6 heteroatoms. The fourth-order valence-corrected chi connectivity index (χ4v) is 4.76. The van der Waals surface area contributed by atoms with Gasteiger partial charge in [-0.3, -0.25) is 9.59 Å². The van der Waals surface area contributed by atoms with E-state index < -0.39 is 6.04 Å². The molecule has 3 aromatic carbocycles. The molecular weight excluding hydrogens is 520 g/mol. The first kappa shape index (κ1) is 27.0. The Labute approximate surface area is 221 Å². The summed E-state index contributed by atoms with van der Waals surface area (Å²) in [5.74, 6) is 0.116. The third-order valence-corrected chi connectivity index (χ3v) is 7.28. The van der Waals surface area contributed by atoms with Crippen molar-refractivity contribution in [2.24, 2.45) is 0 Å². The number of hydrogen-bond acceptors (Lipinski definition) is 3. The van der Waals surface area contributed by atoms with Gasteiger partial charge in [-0.25, -0.2) is 0 Å². The number of unbranched alkanes of at least 4 members (excludes halogenated alkanes) is 1. The highest BCUT2D eigenvalue weighted by molar-refractivity contribution is 9.10. The predicted molar refractivity (Wildman–Crippen MR) is 148 cm³/mol. The molecular formula is C29H33BrN2O2S. The number of nitrogens with zero attached hydrogens (tertiary/aromatic N) is 1. The molecule has 0 aliphatic rings. The maximum atomic E-state index is 13.6. The van der Waals surface area contributed by atoms with Crippen LogP contribution in [0.15, 0.2) is 88.2 Å². The molecule has 1 unspecified atom stereocenters. The number of carbonyl (C=O) groups excluding carboxylic acids is 2. The third kappa shape index (κ3) is 8.86. The van der Waals surface area contributed by atoms with Crippen LogP contribution in [0.25, 0.3) is 0 Å². The van der Waals surface area contributed by atoms with Crippen LogP contribution in [0.2, 0.25) is 0 Å². The summed E-state index contributed by atoms with van der Waals surface area (Å²) in [4.78, 5) is 29.8. The summed E-state index contributed by atoms with van der Waals surface area (Å²) in [6.07, 6.45) is 2.38. The van der Waals surface area contributed by atoms with E-state index >= 15 is 0 Å². The van der Waals surface area contributed by atoms with Gasteiger partial charge in [-0.15, -0.1) is 11.8 Å². The molecule has 0 fully saturated rings. The van der Waals surface area contributed by atoms with Crippen molar-refractivity contribution in [1.29, 1.82) is 0 Å². The molecule has 0 aromatic heterocycles. The molecule has 0 saturated carbocycles. The second-order valence-corrected chi connectivity index (χ2v) is 10.6. The number of amides is 2. The van der Waals surface area contributed by atoms with Crippen LogP contribution in [-0.2, 0) is 22.6 Å². The molecule has 0 aliphatic heterocycles. The number of thioether (sulfide) groups is 1. The van der Waals surface area contributed by atoms with Gasteiger partial charge in [0.2, 0.25) is 11.8 Å². The Morgan fingerprint density at radius 1 is 0.943 bits per heavy atom. The summed E-state index contributed by atoms with van der Waals surface area (Å²) in [6.45, 7) is 5.13. The average Bonchev–Trinajstić information content (AvgIpc) is 2.87. The molecule has 0 spiro atoms. The highest BCUT2D eigenvalue weighted by Crippen LogP contribution is 2.22. The monoisotopic (exact) mass is 552 g/mol. The summed E-state index contributed by atoms with van der Waals surface area (Å²) in [5.41, 5.74) is 3.20. The van der Waals surface area contributed by atoms with Crippen LogP contribution >= 0.6 is 27.7 Å². The van der Waals surface area contributed by atoms with Crippen LogP contribution in [0.1, 0.15) is 36.5 Å². The van der Waals surface area contributed by atoms with Crippen molar-refractivity contribution in [3.8, 4) is 0 Å². The van der Waals surface area contributed by atoms with Crippen molar-refractivity contribution in [3.63, 3.8) is 0 Å². The molecule has 0 radical (unpaired) electrons. The summed E-state index contributed by atoms with van der Waals surface area (Å²) >= 11 is 4.99. The lowest BCUT2D eigenvalue weighted by molar-refractivity contribution is -0.139. The van der Waals surface area contributed by atoms with E-state index in [-0.39, 0.29) is 17.6 Å². The predicted octanol–water partition coefficient (Wildman–Crippen LogP) is 6.41. The Hall–Kier alpha value is -2.57. The summed E-state index contributed by atoms with van der Waals surface area (Å²) in [5, 5.41) is 3.07. The number of carbonyl (C=O) groups is 2. The first-order valence-electron chi connectivity index (χ1n) is 12.0. The minimum absolute atomic E-state index is 0.0509. The van der Waals surface area contributed by atoms with Crippen molar-refractivity contribution in [2.75, 3.05) is 12.3 Å². The van der Waals surface area contributed by atoms with Crippen molar-refractivity contribution < 1.29 is 9.59 Å². The van der Waals surface area contributed by atoms with Crippen LogP contribution in [-0.4, -0.2) is 35.1 Å². The molecule has 1 N–H and O–H groups in total. The maximum Gasteiger partial charge on any atom is 0.243 e. The van der Waals surface area contributed by atoms with E-state index in [0.29, 0.717) is 19.5 Å². The second-order valence-electron chi connectivity index (χ2n) is 8.60. The van der Waals surface area contributed by atoms with E-state index in [1.807, 2.05) is 85.8 Å². The fraction of sp³-hybridized carbons (Fsp3) is 0.310. The van der Waals surface area contributed by atoms with E-state index in [2.05, 4.69) is 28.2 Å². The van der Waals surface area contributed by atoms with E-state index in [9.17, 15) is 9.59 Å². The highest BCUT2D eigenvalue weighted by atomic mass is 79.9. The van der Waals surface area contributed by atoms with Gasteiger partial charge in [-0.2, -0.15) is 0 Å². The maximum absolute atomic E-state index is 13.6. The lowest BCUT2D eigenvalue weighted by atomic mass is 10.0. The first-order valence-corrected chi connectivity index (χ1v) is 13.8. The van der Waals surface area contributed by atoms with E-state index in [1.165, 1.54) is 17.3 Å². The van der Waals surface area contributed by atoms with Gasteiger partial charge in [0.05, 0.1) is 5.75 Å². The number of hydrogen-bond donors (Lipinski definition) is 1. The molecule has 0 bridgehead atoms. The average molecular weight is 554 g/mol. The Balaban J connectivity index is 1.86. The van der Waals surface area contributed by atoms with Crippen LogP contribution in [0.4, 0.5) is 0 Å². The lowest BCUT2D eigenvalue weighted by Gasteiger charge is -2.31. The SMILES string of the molecule is CCCCNC(=O)C(Cc1ccccc1)N(Cc1ccc(Br)cc1)C(=O)CSc1ccc(C)cc1. The fourth-order valence-electron chi connectivity index (χ4n) is 3.71. The number of benzene rings is 3. The molecule has 0 saturated heterocycles. The van der Waals surface area contributed by atoms with Crippen LogP contribution < -0.4 is 5.32 Å². The quantitative estimate of drug-likeness (QED) is 0.209. The van der Waals surface area contributed by atoms with Crippen molar-refractivity contribution >= 4 is 39.5 Å². The van der Waals surface area contributed by atoms with Gasteiger partial charge >= 0.3 is 0 Å². The third-order valence-electron chi connectivity index (χ3n) is 5.75. The second kappa shape index (κ2) is 14.1.